The minimum Gasteiger partial charge on any atom is -0.394 e. The van der Waals surface area contributed by atoms with Crippen LogP contribution in [0.1, 0.15) is 0 Å². The van der Waals surface area contributed by atoms with Crippen molar-refractivity contribution in [1.82, 2.24) is 9.78 Å². The molecule has 0 bridgehead atoms. The van der Waals surface area contributed by atoms with Gasteiger partial charge in [0.1, 0.15) is 0 Å². The maximum Gasteiger partial charge on any atom is 0.0923 e. The van der Waals surface area contributed by atoms with Crippen LogP contribution in [0, 0.1) is 0 Å². The second kappa shape index (κ2) is 4.00. The van der Waals surface area contributed by atoms with Crippen molar-refractivity contribution in [1.29, 1.82) is 0 Å². The molecule has 6 nitrogen and oxygen atoms in total. The lowest BCUT2D eigenvalue weighted by atomic mass is 10.2. The van der Waals surface area contributed by atoms with E-state index in [2.05, 4.69) is 15.1 Å². The molecule has 0 saturated carbocycles. The van der Waals surface area contributed by atoms with Crippen molar-refractivity contribution in [2.75, 3.05) is 6.61 Å². The highest BCUT2D eigenvalue weighted by Gasteiger charge is 2.00. The molecule has 0 saturated heterocycles. The van der Waals surface area contributed by atoms with Crippen molar-refractivity contribution in [3.05, 3.63) is 34.8 Å². The number of hydrogen-bond acceptors (Lipinski definition) is 3. The SMILES string of the molecule is [N-]=[N+]=Nc1ccc2nn(CCO)cc2c1. The van der Waals surface area contributed by atoms with Crippen LogP contribution in [0.3, 0.4) is 0 Å². The van der Waals surface area contributed by atoms with Crippen molar-refractivity contribution < 1.29 is 5.11 Å². The van der Waals surface area contributed by atoms with E-state index in [0.717, 1.165) is 10.9 Å². The lowest BCUT2D eigenvalue weighted by Gasteiger charge is -1.92. The average molecular weight is 203 g/mol. The summed E-state index contributed by atoms with van der Waals surface area (Å²) in [5.41, 5.74) is 9.67. The Bertz CT molecular complexity index is 526. The fourth-order valence-corrected chi connectivity index (χ4v) is 1.40. The van der Waals surface area contributed by atoms with Gasteiger partial charge in [0.25, 0.3) is 0 Å². The molecule has 2 aromatic rings. The average Bonchev–Trinajstić information content (AvgIpc) is 2.60. The summed E-state index contributed by atoms with van der Waals surface area (Å²) < 4.78 is 1.66. The first-order chi connectivity index (χ1) is 7.33. The van der Waals surface area contributed by atoms with Crippen molar-refractivity contribution >= 4 is 16.6 Å². The highest BCUT2D eigenvalue weighted by Crippen LogP contribution is 2.20. The third-order valence-corrected chi connectivity index (χ3v) is 2.02. The summed E-state index contributed by atoms with van der Waals surface area (Å²) in [6.07, 6.45) is 1.81. The molecule has 0 aliphatic heterocycles. The Labute approximate surface area is 85.4 Å². The van der Waals surface area contributed by atoms with Gasteiger partial charge in [-0.1, -0.05) is 11.2 Å². The molecule has 2 rings (SSSR count). The second-order valence-corrected chi connectivity index (χ2v) is 3.05. The van der Waals surface area contributed by atoms with Crippen LogP contribution in [0.15, 0.2) is 29.5 Å². The second-order valence-electron chi connectivity index (χ2n) is 3.05. The van der Waals surface area contributed by atoms with E-state index in [4.69, 9.17) is 10.6 Å². The molecule has 1 aromatic heterocycles. The Morgan fingerprint density at radius 3 is 3.13 bits per heavy atom. The van der Waals surface area contributed by atoms with Crippen LogP contribution in [0.4, 0.5) is 5.69 Å². The summed E-state index contributed by atoms with van der Waals surface area (Å²) in [5.74, 6) is 0. The molecular weight excluding hydrogens is 194 g/mol. The zero-order valence-corrected chi connectivity index (χ0v) is 7.91. The van der Waals surface area contributed by atoms with Gasteiger partial charge in [0.15, 0.2) is 0 Å². The topological polar surface area (TPSA) is 86.8 Å². The lowest BCUT2D eigenvalue weighted by Crippen LogP contribution is -2.01. The first-order valence-corrected chi connectivity index (χ1v) is 4.46. The van der Waals surface area contributed by atoms with Crippen molar-refractivity contribution in [2.24, 2.45) is 5.11 Å². The first-order valence-electron chi connectivity index (χ1n) is 4.46. The highest BCUT2D eigenvalue weighted by molar-refractivity contribution is 5.81. The molecule has 1 N–H and O–H groups in total. The molecular formula is C9H9N5O. The Hall–Kier alpha value is -2.04. The molecule has 6 heteroatoms. The summed E-state index contributed by atoms with van der Waals surface area (Å²) in [5, 5.41) is 17.4. The number of rotatable bonds is 3. The number of aliphatic hydroxyl groups is 1. The van der Waals surface area contributed by atoms with Gasteiger partial charge in [0.05, 0.1) is 18.7 Å². The van der Waals surface area contributed by atoms with Crippen molar-refractivity contribution in [2.45, 2.75) is 6.54 Å². The number of nitrogens with zero attached hydrogens (tertiary/aromatic N) is 5. The van der Waals surface area contributed by atoms with Gasteiger partial charge in [-0.3, -0.25) is 4.68 Å². The minimum absolute atomic E-state index is 0.0528. The van der Waals surface area contributed by atoms with Crippen LogP contribution in [-0.4, -0.2) is 21.5 Å². The fraction of sp³-hybridized carbons (Fsp3) is 0.222. The predicted molar refractivity (Wildman–Crippen MR) is 55.6 cm³/mol. The van der Waals surface area contributed by atoms with E-state index in [1.165, 1.54) is 0 Å². The predicted octanol–water partition coefficient (Wildman–Crippen LogP) is 1.97. The van der Waals surface area contributed by atoms with Crippen LogP contribution in [0.5, 0.6) is 0 Å². The van der Waals surface area contributed by atoms with E-state index < -0.39 is 0 Å². The zero-order chi connectivity index (χ0) is 10.7. The minimum atomic E-state index is 0.0528. The maximum atomic E-state index is 8.76. The first kappa shape index (κ1) is 9.51. The Morgan fingerprint density at radius 2 is 2.40 bits per heavy atom. The van der Waals surface area contributed by atoms with Crippen LogP contribution < -0.4 is 0 Å². The molecule has 0 fully saturated rings. The molecule has 0 aliphatic rings. The largest absolute Gasteiger partial charge is 0.394 e. The molecule has 15 heavy (non-hydrogen) atoms. The number of aromatic nitrogens is 2. The summed E-state index contributed by atoms with van der Waals surface area (Å²) >= 11 is 0. The quantitative estimate of drug-likeness (QED) is 0.469. The Balaban J connectivity index is 2.47. The molecule has 0 radical (unpaired) electrons. The lowest BCUT2D eigenvalue weighted by molar-refractivity contribution is 0.270. The number of benzene rings is 1. The molecule has 76 valence electrons. The standard InChI is InChI=1S/C9H9N5O/c10-13-11-8-1-2-9-7(5-8)6-14(12-9)3-4-15/h1-2,5-6,15H,3-4H2. The number of hydrogen-bond donors (Lipinski definition) is 1. The molecule has 0 spiro atoms. The molecule has 1 aromatic carbocycles. The molecule has 1 heterocycles. The summed E-state index contributed by atoms with van der Waals surface area (Å²) in [6.45, 7) is 0.517. The normalized spacial score (nSPS) is 10.2. The van der Waals surface area contributed by atoms with E-state index in [-0.39, 0.29) is 6.61 Å². The van der Waals surface area contributed by atoms with E-state index in [9.17, 15) is 0 Å². The third kappa shape index (κ3) is 1.90. The molecule has 0 aliphatic carbocycles. The number of azide groups is 1. The van der Waals surface area contributed by atoms with Crippen LogP contribution in [0.25, 0.3) is 21.3 Å². The smallest absolute Gasteiger partial charge is 0.0923 e. The zero-order valence-electron chi connectivity index (χ0n) is 7.91. The van der Waals surface area contributed by atoms with Gasteiger partial charge in [0, 0.05) is 22.2 Å². The van der Waals surface area contributed by atoms with Gasteiger partial charge in [0.2, 0.25) is 0 Å². The van der Waals surface area contributed by atoms with E-state index in [1.54, 1.807) is 22.9 Å². The molecule has 0 atom stereocenters. The Kier molecular flexibility index (Phi) is 2.53. The van der Waals surface area contributed by atoms with Gasteiger partial charge in [-0.2, -0.15) is 5.10 Å². The van der Waals surface area contributed by atoms with E-state index >= 15 is 0 Å². The summed E-state index contributed by atoms with van der Waals surface area (Å²) in [4.78, 5) is 2.71. The van der Waals surface area contributed by atoms with Gasteiger partial charge < -0.3 is 5.11 Å². The highest BCUT2D eigenvalue weighted by atomic mass is 16.3. The maximum absolute atomic E-state index is 8.76. The van der Waals surface area contributed by atoms with Gasteiger partial charge in [-0.15, -0.1) is 0 Å². The van der Waals surface area contributed by atoms with Gasteiger partial charge >= 0.3 is 0 Å². The van der Waals surface area contributed by atoms with E-state index in [1.807, 2.05) is 6.20 Å². The monoisotopic (exact) mass is 203 g/mol. The van der Waals surface area contributed by atoms with Crippen LogP contribution in [0.2, 0.25) is 0 Å². The van der Waals surface area contributed by atoms with Crippen LogP contribution >= 0.6 is 0 Å². The van der Waals surface area contributed by atoms with E-state index in [0.29, 0.717) is 12.2 Å². The number of aliphatic hydroxyl groups excluding tert-OH is 1. The van der Waals surface area contributed by atoms with Gasteiger partial charge in [-0.25, -0.2) is 0 Å². The van der Waals surface area contributed by atoms with Crippen molar-refractivity contribution in [3.8, 4) is 0 Å². The van der Waals surface area contributed by atoms with Crippen LogP contribution in [-0.2, 0) is 6.54 Å². The molecule has 0 unspecified atom stereocenters. The number of fused-ring (bicyclic) bond motifs is 1. The summed E-state index contributed by atoms with van der Waals surface area (Å²) in [7, 11) is 0. The third-order valence-electron chi connectivity index (χ3n) is 2.02. The fourth-order valence-electron chi connectivity index (χ4n) is 1.40. The van der Waals surface area contributed by atoms with Crippen molar-refractivity contribution in [3.63, 3.8) is 0 Å². The van der Waals surface area contributed by atoms with Gasteiger partial charge in [-0.05, 0) is 17.7 Å². The Morgan fingerprint density at radius 1 is 1.53 bits per heavy atom. The molecule has 0 amide bonds. The summed E-state index contributed by atoms with van der Waals surface area (Å²) in [6, 6.07) is 5.25.